The number of hydrogen-bond acceptors (Lipinski definition) is 1. The summed E-state index contributed by atoms with van der Waals surface area (Å²) >= 11 is 0. The summed E-state index contributed by atoms with van der Waals surface area (Å²) in [4.78, 5) is 0. The third-order valence-electron chi connectivity index (χ3n) is 2.37. The van der Waals surface area contributed by atoms with Gasteiger partial charge in [0.2, 0.25) is 0 Å². The fourth-order valence-electron chi connectivity index (χ4n) is 1.35. The fourth-order valence-corrected chi connectivity index (χ4v) is 1.35. The van der Waals surface area contributed by atoms with E-state index >= 15 is 0 Å². The molecule has 0 saturated carbocycles. The normalized spacial score (nSPS) is 9.86. The lowest BCUT2D eigenvalue weighted by Crippen LogP contribution is -1.94. The highest BCUT2D eigenvalue weighted by Crippen LogP contribution is 2.19. The molecule has 1 aromatic carbocycles. The third-order valence-corrected chi connectivity index (χ3v) is 2.37. The smallest absolute Gasteiger partial charge is 0.0994 e. The Labute approximate surface area is 85.7 Å². The molecule has 14 heavy (non-hydrogen) atoms. The van der Waals surface area contributed by atoms with Gasteiger partial charge in [0.1, 0.15) is 0 Å². The molecule has 0 aliphatic heterocycles. The monoisotopic (exact) mass is 184 g/mol. The summed E-state index contributed by atoms with van der Waals surface area (Å²) < 4.78 is 0. The van der Waals surface area contributed by atoms with Gasteiger partial charge in [-0.3, -0.25) is 0 Å². The maximum atomic E-state index is 8.94. The average molecular weight is 184 g/mol. The Balaban J connectivity index is 3.15. The lowest BCUT2D eigenvalue weighted by molar-refractivity contribution is 1.12. The van der Waals surface area contributed by atoms with Crippen molar-refractivity contribution in [1.29, 1.82) is 5.26 Å². The second-order valence-electron chi connectivity index (χ2n) is 3.22. The fraction of sp³-hybridized carbons (Fsp3) is 0.231. The Morgan fingerprint density at radius 1 is 1.57 bits per heavy atom. The Kier molecular flexibility index (Phi) is 3.48. The molecule has 0 unspecified atom stereocenters. The van der Waals surface area contributed by atoms with Gasteiger partial charge in [0.05, 0.1) is 11.6 Å². The van der Waals surface area contributed by atoms with Gasteiger partial charge in [-0.25, -0.2) is 0 Å². The highest BCUT2D eigenvalue weighted by Gasteiger charge is 2.05. The van der Waals surface area contributed by atoms with E-state index in [1.165, 1.54) is 0 Å². The molecule has 0 heterocycles. The lowest BCUT2D eigenvalue weighted by Gasteiger charge is -2.08. The SMILES string of the molecule is C=C[C](C)c1ccc(CC)c(C#N)c1. The maximum Gasteiger partial charge on any atom is 0.0994 e. The Bertz CT molecular complexity index is 371. The zero-order valence-electron chi connectivity index (χ0n) is 8.67. The molecule has 0 bridgehead atoms. The Morgan fingerprint density at radius 2 is 2.29 bits per heavy atom. The van der Waals surface area contributed by atoms with Gasteiger partial charge < -0.3 is 0 Å². The zero-order valence-corrected chi connectivity index (χ0v) is 8.67. The van der Waals surface area contributed by atoms with Gasteiger partial charge in [-0.05, 0) is 23.6 Å². The molecule has 0 fully saturated rings. The van der Waals surface area contributed by atoms with Crippen LogP contribution in [0.2, 0.25) is 0 Å². The molecular formula is C13H14N. The predicted octanol–water partition coefficient (Wildman–Crippen LogP) is 3.25. The van der Waals surface area contributed by atoms with Gasteiger partial charge >= 0.3 is 0 Å². The first-order valence-electron chi connectivity index (χ1n) is 4.72. The second kappa shape index (κ2) is 4.62. The molecular weight excluding hydrogens is 170 g/mol. The molecule has 1 aromatic rings. The molecule has 0 N–H and O–H groups in total. The summed E-state index contributed by atoms with van der Waals surface area (Å²) in [6.07, 6.45) is 2.71. The molecule has 1 rings (SSSR count). The average Bonchev–Trinajstić information content (AvgIpc) is 2.26. The van der Waals surface area contributed by atoms with Crippen LogP contribution in [0.5, 0.6) is 0 Å². The molecule has 1 heteroatoms. The molecule has 0 aliphatic carbocycles. The predicted molar refractivity (Wildman–Crippen MR) is 58.8 cm³/mol. The van der Waals surface area contributed by atoms with Crippen molar-refractivity contribution in [2.45, 2.75) is 20.3 Å². The molecule has 0 amide bonds. The van der Waals surface area contributed by atoms with Crippen LogP contribution in [0.25, 0.3) is 0 Å². The van der Waals surface area contributed by atoms with E-state index < -0.39 is 0 Å². The number of hydrogen-bond donors (Lipinski definition) is 0. The van der Waals surface area contributed by atoms with Crippen molar-refractivity contribution in [2.75, 3.05) is 0 Å². The molecule has 71 valence electrons. The van der Waals surface area contributed by atoms with E-state index in [0.29, 0.717) is 0 Å². The van der Waals surface area contributed by atoms with Crippen LogP contribution in [-0.4, -0.2) is 0 Å². The van der Waals surface area contributed by atoms with Crippen LogP contribution >= 0.6 is 0 Å². The van der Waals surface area contributed by atoms with Gasteiger partial charge in [-0.1, -0.05) is 32.1 Å². The summed E-state index contributed by atoms with van der Waals surface area (Å²) in [6, 6.07) is 8.20. The van der Waals surface area contributed by atoms with Crippen LogP contribution in [0, 0.1) is 17.2 Å². The van der Waals surface area contributed by atoms with Crippen LogP contribution in [0.4, 0.5) is 0 Å². The standard InChI is InChI=1S/C13H14N/c1-4-10(3)12-7-6-11(5-2)13(8-12)9-14/h4,6-8H,1,5H2,2-3H3. The minimum atomic E-state index is 0.770. The van der Waals surface area contributed by atoms with Crippen LogP contribution in [0.1, 0.15) is 30.5 Å². The zero-order chi connectivity index (χ0) is 10.6. The number of aryl methyl sites for hydroxylation is 1. The van der Waals surface area contributed by atoms with Crippen molar-refractivity contribution in [3.8, 4) is 6.07 Å². The molecule has 0 aliphatic rings. The van der Waals surface area contributed by atoms with E-state index in [1.807, 2.05) is 31.2 Å². The van der Waals surface area contributed by atoms with E-state index in [1.54, 1.807) is 0 Å². The van der Waals surface area contributed by atoms with E-state index in [9.17, 15) is 0 Å². The molecule has 0 aromatic heterocycles. The quantitative estimate of drug-likeness (QED) is 0.707. The van der Waals surface area contributed by atoms with E-state index in [4.69, 9.17) is 5.26 Å². The third kappa shape index (κ3) is 2.03. The first-order valence-corrected chi connectivity index (χ1v) is 4.72. The van der Waals surface area contributed by atoms with Crippen LogP contribution in [0.3, 0.4) is 0 Å². The largest absolute Gasteiger partial charge is 0.192 e. The Morgan fingerprint density at radius 3 is 2.79 bits per heavy atom. The summed E-state index contributed by atoms with van der Waals surface area (Å²) in [5.74, 6) is 1.10. The minimum Gasteiger partial charge on any atom is -0.192 e. The van der Waals surface area contributed by atoms with Crippen molar-refractivity contribution < 1.29 is 0 Å². The number of rotatable bonds is 3. The van der Waals surface area contributed by atoms with E-state index in [-0.39, 0.29) is 0 Å². The second-order valence-corrected chi connectivity index (χ2v) is 3.22. The number of allylic oxidation sites excluding steroid dienone is 1. The minimum absolute atomic E-state index is 0.770. The van der Waals surface area contributed by atoms with Gasteiger partial charge in [-0.2, -0.15) is 5.26 Å². The lowest BCUT2D eigenvalue weighted by atomic mass is 9.96. The van der Waals surface area contributed by atoms with Crippen LogP contribution in [0.15, 0.2) is 30.9 Å². The molecule has 1 nitrogen and oxygen atoms in total. The molecule has 1 radical (unpaired) electrons. The van der Waals surface area contributed by atoms with Crippen molar-refractivity contribution in [3.05, 3.63) is 53.5 Å². The number of nitriles is 1. The topological polar surface area (TPSA) is 23.8 Å². The number of nitrogens with zero attached hydrogens (tertiary/aromatic N) is 1. The molecule has 0 atom stereocenters. The van der Waals surface area contributed by atoms with Gasteiger partial charge in [0.25, 0.3) is 0 Å². The van der Waals surface area contributed by atoms with E-state index in [2.05, 4.69) is 19.6 Å². The first kappa shape index (κ1) is 10.5. The highest BCUT2D eigenvalue weighted by atomic mass is 14.2. The van der Waals surface area contributed by atoms with Gasteiger partial charge in [0.15, 0.2) is 0 Å². The highest BCUT2D eigenvalue weighted by molar-refractivity contribution is 5.46. The van der Waals surface area contributed by atoms with Crippen molar-refractivity contribution in [1.82, 2.24) is 0 Å². The maximum absolute atomic E-state index is 8.94. The van der Waals surface area contributed by atoms with Crippen molar-refractivity contribution in [3.63, 3.8) is 0 Å². The summed E-state index contributed by atoms with van der Waals surface area (Å²) in [5.41, 5.74) is 2.95. The van der Waals surface area contributed by atoms with Crippen molar-refractivity contribution >= 4 is 0 Å². The molecule has 0 spiro atoms. The molecule has 0 saturated heterocycles. The van der Waals surface area contributed by atoms with Gasteiger partial charge in [-0.15, -0.1) is 6.58 Å². The first-order chi connectivity index (χ1) is 6.72. The summed E-state index contributed by atoms with van der Waals surface area (Å²) in [6.45, 7) is 7.77. The van der Waals surface area contributed by atoms with Crippen LogP contribution < -0.4 is 0 Å². The van der Waals surface area contributed by atoms with E-state index in [0.717, 1.165) is 29.0 Å². The van der Waals surface area contributed by atoms with Crippen molar-refractivity contribution in [2.24, 2.45) is 0 Å². The Hall–Kier alpha value is -1.55. The summed E-state index contributed by atoms with van der Waals surface area (Å²) in [7, 11) is 0. The summed E-state index contributed by atoms with van der Waals surface area (Å²) in [5, 5.41) is 8.94. The number of benzene rings is 1. The van der Waals surface area contributed by atoms with Gasteiger partial charge in [0, 0.05) is 5.92 Å². The van der Waals surface area contributed by atoms with Crippen LogP contribution in [-0.2, 0) is 6.42 Å².